The zero-order valence-electron chi connectivity index (χ0n) is 11.6. The number of carbonyl (C=O) groups excluding carboxylic acids is 1. The maximum absolute atomic E-state index is 12.4. The molecule has 0 spiro atoms. The molecule has 3 rings (SSSR count). The van der Waals surface area contributed by atoms with Gasteiger partial charge in [0.2, 0.25) is 0 Å². The molecule has 1 aliphatic rings. The van der Waals surface area contributed by atoms with Crippen LogP contribution in [0.1, 0.15) is 35.1 Å². The Hall–Kier alpha value is -2.02. The molecule has 0 aromatic carbocycles. The molecule has 0 aliphatic carbocycles. The van der Waals surface area contributed by atoms with Gasteiger partial charge in [0.05, 0.1) is 0 Å². The Balaban J connectivity index is 1.75. The maximum Gasteiger partial charge on any atom is 0.274 e. The molecule has 0 bridgehead atoms. The number of amides is 1. The van der Waals surface area contributed by atoms with Gasteiger partial charge in [-0.3, -0.25) is 4.79 Å². The number of nitrogens with zero attached hydrogens (tertiary/aromatic N) is 6. The average molecular weight is 307 g/mol. The molecule has 1 unspecified atom stereocenters. The Morgan fingerprint density at radius 3 is 2.86 bits per heavy atom. The summed E-state index contributed by atoms with van der Waals surface area (Å²) < 4.78 is 1.90. The first-order chi connectivity index (χ1) is 10.1. The minimum absolute atomic E-state index is 0.119. The molecule has 1 aliphatic heterocycles. The van der Waals surface area contributed by atoms with Crippen molar-refractivity contribution in [3.05, 3.63) is 35.1 Å². The summed E-state index contributed by atoms with van der Waals surface area (Å²) >= 11 is 5.69. The van der Waals surface area contributed by atoms with Crippen molar-refractivity contribution in [2.24, 2.45) is 7.05 Å². The predicted molar refractivity (Wildman–Crippen MR) is 75.9 cm³/mol. The number of hydrogen-bond acceptors (Lipinski definition) is 5. The van der Waals surface area contributed by atoms with Gasteiger partial charge in [0.15, 0.2) is 10.8 Å². The van der Waals surface area contributed by atoms with E-state index in [-0.39, 0.29) is 17.0 Å². The Morgan fingerprint density at radius 2 is 2.19 bits per heavy atom. The van der Waals surface area contributed by atoms with Crippen LogP contribution in [-0.4, -0.2) is 48.9 Å². The SMILES string of the molecule is Cn1cnnc1C1CCCN(C(=O)c2ccc(Cl)nn2)C1. The molecule has 1 fully saturated rings. The third-order valence-corrected chi connectivity index (χ3v) is 3.87. The second-order valence-electron chi connectivity index (χ2n) is 5.13. The minimum atomic E-state index is -0.119. The summed E-state index contributed by atoms with van der Waals surface area (Å²) in [5.41, 5.74) is 0.318. The van der Waals surface area contributed by atoms with E-state index in [1.54, 1.807) is 23.4 Å². The van der Waals surface area contributed by atoms with Gasteiger partial charge in [-0.15, -0.1) is 20.4 Å². The molecule has 21 heavy (non-hydrogen) atoms. The van der Waals surface area contributed by atoms with Crippen LogP contribution in [0.2, 0.25) is 5.15 Å². The standard InChI is InChI=1S/C13H15ClN6O/c1-19-8-15-18-12(19)9-3-2-6-20(7-9)13(21)10-4-5-11(14)17-16-10/h4-5,8-9H,2-3,6-7H2,1H3. The number of halogens is 1. The molecule has 110 valence electrons. The van der Waals surface area contributed by atoms with E-state index in [9.17, 15) is 4.79 Å². The fourth-order valence-electron chi connectivity index (χ4n) is 2.63. The van der Waals surface area contributed by atoms with Crippen LogP contribution < -0.4 is 0 Å². The summed E-state index contributed by atoms with van der Waals surface area (Å²) in [5, 5.41) is 15.9. The van der Waals surface area contributed by atoms with Crippen LogP contribution in [0.5, 0.6) is 0 Å². The Labute approximate surface area is 126 Å². The van der Waals surface area contributed by atoms with E-state index in [1.807, 2.05) is 11.6 Å². The smallest absolute Gasteiger partial charge is 0.274 e. The average Bonchev–Trinajstić information content (AvgIpc) is 2.94. The first-order valence-electron chi connectivity index (χ1n) is 6.77. The number of aromatic nitrogens is 5. The summed E-state index contributed by atoms with van der Waals surface area (Å²) in [6, 6.07) is 3.18. The Morgan fingerprint density at radius 1 is 1.33 bits per heavy atom. The van der Waals surface area contributed by atoms with E-state index >= 15 is 0 Å². The number of aryl methyl sites for hydroxylation is 1. The molecule has 1 amide bonds. The van der Waals surface area contributed by atoms with Gasteiger partial charge < -0.3 is 9.47 Å². The zero-order valence-corrected chi connectivity index (χ0v) is 12.4. The first-order valence-corrected chi connectivity index (χ1v) is 7.15. The van der Waals surface area contributed by atoms with E-state index in [0.717, 1.165) is 25.2 Å². The van der Waals surface area contributed by atoms with E-state index < -0.39 is 0 Å². The van der Waals surface area contributed by atoms with Crippen LogP contribution in [-0.2, 0) is 7.05 Å². The zero-order chi connectivity index (χ0) is 14.8. The molecule has 0 radical (unpaired) electrons. The van der Waals surface area contributed by atoms with Gasteiger partial charge in [-0.05, 0) is 25.0 Å². The highest BCUT2D eigenvalue weighted by atomic mass is 35.5. The second-order valence-corrected chi connectivity index (χ2v) is 5.52. The van der Waals surface area contributed by atoms with Crippen molar-refractivity contribution in [1.29, 1.82) is 0 Å². The lowest BCUT2D eigenvalue weighted by Crippen LogP contribution is -2.40. The molecule has 0 N–H and O–H groups in total. The largest absolute Gasteiger partial charge is 0.337 e. The normalized spacial score (nSPS) is 18.8. The number of hydrogen-bond donors (Lipinski definition) is 0. The van der Waals surface area contributed by atoms with Crippen LogP contribution in [0.3, 0.4) is 0 Å². The highest BCUT2D eigenvalue weighted by Crippen LogP contribution is 2.25. The molecule has 7 nitrogen and oxygen atoms in total. The summed E-state index contributed by atoms with van der Waals surface area (Å²) in [5.74, 6) is 0.996. The maximum atomic E-state index is 12.4. The van der Waals surface area contributed by atoms with Gasteiger partial charge in [0, 0.05) is 26.1 Å². The molecule has 1 atom stereocenters. The fraction of sp³-hybridized carbons (Fsp3) is 0.462. The number of likely N-dealkylation sites (tertiary alicyclic amines) is 1. The highest BCUT2D eigenvalue weighted by Gasteiger charge is 2.28. The van der Waals surface area contributed by atoms with Crippen LogP contribution in [0.15, 0.2) is 18.5 Å². The molecule has 3 heterocycles. The van der Waals surface area contributed by atoms with Gasteiger partial charge in [0.1, 0.15) is 12.2 Å². The molecule has 2 aromatic heterocycles. The lowest BCUT2D eigenvalue weighted by atomic mass is 9.97. The molecular weight excluding hydrogens is 292 g/mol. The van der Waals surface area contributed by atoms with Crippen molar-refractivity contribution in [1.82, 2.24) is 29.9 Å². The quantitative estimate of drug-likeness (QED) is 0.835. The Kier molecular flexibility index (Phi) is 3.83. The molecular formula is C13H15ClN6O. The predicted octanol–water partition coefficient (Wildman–Crippen LogP) is 1.28. The summed E-state index contributed by atoms with van der Waals surface area (Å²) in [6.07, 6.45) is 3.62. The van der Waals surface area contributed by atoms with Crippen LogP contribution >= 0.6 is 11.6 Å². The van der Waals surface area contributed by atoms with Gasteiger partial charge in [-0.1, -0.05) is 11.6 Å². The second kappa shape index (κ2) is 5.77. The van der Waals surface area contributed by atoms with Crippen molar-refractivity contribution < 1.29 is 4.79 Å². The summed E-state index contributed by atoms with van der Waals surface area (Å²) in [7, 11) is 1.92. The number of rotatable bonds is 2. The molecule has 2 aromatic rings. The van der Waals surface area contributed by atoms with Gasteiger partial charge >= 0.3 is 0 Å². The first kappa shape index (κ1) is 13.9. The number of piperidine rings is 1. The highest BCUT2D eigenvalue weighted by molar-refractivity contribution is 6.29. The van der Waals surface area contributed by atoms with Crippen LogP contribution in [0, 0.1) is 0 Å². The van der Waals surface area contributed by atoms with Crippen LogP contribution in [0.4, 0.5) is 0 Å². The van der Waals surface area contributed by atoms with Crippen molar-refractivity contribution in [2.75, 3.05) is 13.1 Å². The summed E-state index contributed by atoms with van der Waals surface area (Å²) in [4.78, 5) is 14.2. The molecule has 8 heteroatoms. The van der Waals surface area contributed by atoms with Crippen molar-refractivity contribution in [3.8, 4) is 0 Å². The lowest BCUT2D eigenvalue weighted by molar-refractivity contribution is 0.0696. The van der Waals surface area contributed by atoms with Gasteiger partial charge in [-0.2, -0.15) is 0 Å². The fourth-order valence-corrected chi connectivity index (χ4v) is 2.73. The van der Waals surface area contributed by atoms with Gasteiger partial charge in [-0.25, -0.2) is 0 Å². The van der Waals surface area contributed by atoms with Crippen LogP contribution in [0.25, 0.3) is 0 Å². The van der Waals surface area contributed by atoms with E-state index in [1.165, 1.54) is 0 Å². The summed E-state index contributed by atoms with van der Waals surface area (Å²) in [6.45, 7) is 1.34. The van der Waals surface area contributed by atoms with Crippen molar-refractivity contribution in [2.45, 2.75) is 18.8 Å². The van der Waals surface area contributed by atoms with E-state index in [2.05, 4.69) is 20.4 Å². The van der Waals surface area contributed by atoms with Gasteiger partial charge in [0.25, 0.3) is 5.91 Å². The third kappa shape index (κ3) is 2.87. The molecule has 1 saturated heterocycles. The third-order valence-electron chi connectivity index (χ3n) is 3.67. The van der Waals surface area contributed by atoms with Crippen molar-refractivity contribution in [3.63, 3.8) is 0 Å². The van der Waals surface area contributed by atoms with E-state index in [0.29, 0.717) is 12.2 Å². The monoisotopic (exact) mass is 306 g/mol. The molecule has 0 saturated carbocycles. The Bertz CT molecular complexity index is 640. The topological polar surface area (TPSA) is 76.8 Å². The minimum Gasteiger partial charge on any atom is -0.337 e. The van der Waals surface area contributed by atoms with E-state index in [4.69, 9.17) is 11.6 Å². The van der Waals surface area contributed by atoms with Crippen molar-refractivity contribution >= 4 is 17.5 Å². The lowest BCUT2D eigenvalue weighted by Gasteiger charge is -2.31. The number of carbonyl (C=O) groups is 1.